The van der Waals surface area contributed by atoms with E-state index < -0.39 is 16.7 Å². The summed E-state index contributed by atoms with van der Waals surface area (Å²) in [7, 11) is 0. The van der Waals surface area contributed by atoms with Crippen molar-refractivity contribution in [3.05, 3.63) is 105 Å². The molecule has 0 unspecified atom stereocenters. The quantitative estimate of drug-likeness (QED) is 0.285. The number of nitro benzene ring substituents is 1. The number of benzene rings is 3. The third-order valence-electron chi connectivity index (χ3n) is 4.81. The van der Waals surface area contributed by atoms with Crippen molar-refractivity contribution in [2.24, 2.45) is 0 Å². The zero-order valence-electron chi connectivity index (χ0n) is 15.5. The number of hydrogen-bond acceptors (Lipinski definition) is 4. The molecular weight excluding hydrogens is 368 g/mol. The summed E-state index contributed by atoms with van der Waals surface area (Å²) in [5.74, 6) is -0.940. The van der Waals surface area contributed by atoms with Crippen molar-refractivity contribution >= 4 is 34.8 Å². The molecular formula is C23H16N2O4. The predicted molar refractivity (Wildman–Crippen MR) is 110 cm³/mol. The highest BCUT2D eigenvalue weighted by Crippen LogP contribution is 2.34. The van der Waals surface area contributed by atoms with Crippen LogP contribution in [0, 0.1) is 17.0 Å². The minimum absolute atomic E-state index is 0.107. The van der Waals surface area contributed by atoms with Gasteiger partial charge >= 0.3 is 0 Å². The Kier molecular flexibility index (Phi) is 4.52. The lowest BCUT2D eigenvalue weighted by Gasteiger charge is -2.28. The van der Waals surface area contributed by atoms with Crippen molar-refractivity contribution in [3.63, 3.8) is 0 Å². The highest BCUT2D eigenvalue weighted by atomic mass is 16.6. The molecule has 0 saturated carbocycles. The molecule has 0 spiro atoms. The van der Waals surface area contributed by atoms with E-state index in [1.807, 2.05) is 19.1 Å². The zero-order valence-corrected chi connectivity index (χ0v) is 15.5. The monoisotopic (exact) mass is 384 g/mol. The number of imide groups is 1. The molecule has 0 radical (unpaired) electrons. The van der Waals surface area contributed by atoms with E-state index in [1.54, 1.807) is 54.6 Å². The molecule has 0 atom stereocenters. The van der Waals surface area contributed by atoms with Crippen LogP contribution in [0.5, 0.6) is 0 Å². The third-order valence-corrected chi connectivity index (χ3v) is 4.81. The number of hydrogen-bond donors (Lipinski definition) is 0. The Hall–Kier alpha value is -4.06. The standard InChI is InChI=1S/C23H16N2O4/c1-15-10-12-17(13-11-15)24-22(26)19-8-4-3-7-18(19)20(23(24)27)14-16-6-2-5-9-21(16)25(28)29/h2-14H,1H3. The van der Waals surface area contributed by atoms with Crippen molar-refractivity contribution in [3.8, 4) is 0 Å². The van der Waals surface area contributed by atoms with Gasteiger partial charge in [0.2, 0.25) is 0 Å². The average Bonchev–Trinajstić information content (AvgIpc) is 2.73. The Morgan fingerprint density at radius 1 is 0.828 bits per heavy atom. The van der Waals surface area contributed by atoms with Gasteiger partial charge in [-0.2, -0.15) is 0 Å². The van der Waals surface area contributed by atoms with Gasteiger partial charge < -0.3 is 0 Å². The fourth-order valence-electron chi connectivity index (χ4n) is 3.35. The van der Waals surface area contributed by atoms with E-state index in [9.17, 15) is 19.7 Å². The largest absolute Gasteiger partial charge is 0.276 e. The Labute approximate surface area is 166 Å². The summed E-state index contributed by atoms with van der Waals surface area (Å²) in [6.45, 7) is 1.92. The average molecular weight is 384 g/mol. The van der Waals surface area contributed by atoms with Crippen molar-refractivity contribution < 1.29 is 14.5 Å². The molecule has 0 bridgehead atoms. The van der Waals surface area contributed by atoms with Crippen molar-refractivity contribution in [2.75, 3.05) is 4.90 Å². The summed E-state index contributed by atoms with van der Waals surface area (Å²) in [6, 6.07) is 20.0. The summed E-state index contributed by atoms with van der Waals surface area (Å²) >= 11 is 0. The van der Waals surface area contributed by atoms with Crippen molar-refractivity contribution in [2.45, 2.75) is 6.92 Å². The Bertz CT molecular complexity index is 1180. The van der Waals surface area contributed by atoms with Crippen LogP contribution in [-0.4, -0.2) is 16.7 Å². The van der Waals surface area contributed by atoms with Gasteiger partial charge in [0.05, 0.1) is 16.2 Å². The topological polar surface area (TPSA) is 80.5 Å². The number of carbonyl (C=O) groups is 2. The Balaban J connectivity index is 1.93. The van der Waals surface area contributed by atoms with E-state index in [1.165, 1.54) is 12.1 Å². The second kappa shape index (κ2) is 7.16. The van der Waals surface area contributed by atoms with Gasteiger partial charge in [0.1, 0.15) is 0 Å². The van der Waals surface area contributed by atoms with Gasteiger partial charge in [-0.3, -0.25) is 19.7 Å². The molecule has 0 aliphatic carbocycles. The number of nitrogens with zero attached hydrogens (tertiary/aromatic N) is 2. The maximum atomic E-state index is 13.3. The number of aryl methyl sites for hydroxylation is 1. The second-order valence-electron chi connectivity index (χ2n) is 6.70. The molecule has 6 nitrogen and oxygen atoms in total. The summed E-state index contributed by atoms with van der Waals surface area (Å²) in [6.07, 6.45) is 1.48. The van der Waals surface area contributed by atoms with Gasteiger partial charge in [0, 0.05) is 17.2 Å². The second-order valence-corrected chi connectivity index (χ2v) is 6.70. The maximum absolute atomic E-state index is 13.3. The number of nitro groups is 1. The van der Waals surface area contributed by atoms with E-state index in [-0.39, 0.29) is 11.3 Å². The molecule has 1 heterocycles. The number of anilines is 1. The summed E-state index contributed by atoms with van der Waals surface area (Å²) < 4.78 is 0. The molecule has 0 fully saturated rings. The summed E-state index contributed by atoms with van der Waals surface area (Å²) in [4.78, 5) is 38.4. The van der Waals surface area contributed by atoms with Crippen LogP contribution in [0.1, 0.15) is 27.0 Å². The van der Waals surface area contributed by atoms with Crippen LogP contribution in [0.3, 0.4) is 0 Å². The van der Waals surface area contributed by atoms with E-state index in [4.69, 9.17) is 0 Å². The molecule has 0 N–H and O–H groups in total. The molecule has 6 heteroatoms. The lowest BCUT2D eigenvalue weighted by atomic mass is 9.91. The molecule has 29 heavy (non-hydrogen) atoms. The molecule has 1 aliphatic rings. The van der Waals surface area contributed by atoms with Crippen LogP contribution in [0.2, 0.25) is 0 Å². The highest BCUT2D eigenvalue weighted by molar-refractivity contribution is 6.43. The van der Waals surface area contributed by atoms with Gasteiger partial charge in [-0.1, -0.05) is 48.0 Å². The van der Waals surface area contributed by atoms with Crippen LogP contribution in [0.25, 0.3) is 11.6 Å². The number of carbonyl (C=O) groups excluding carboxylic acids is 2. The summed E-state index contributed by atoms with van der Waals surface area (Å²) in [5, 5.41) is 11.4. The van der Waals surface area contributed by atoms with Gasteiger partial charge in [-0.05, 0) is 42.8 Å². The fraction of sp³-hybridized carbons (Fsp3) is 0.0435. The van der Waals surface area contributed by atoms with E-state index in [0.717, 1.165) is 10.5 Å². The number of para-hydroxylation sites is 1. The van der Waals surface area contributed by atoms with Crippen molar-refractivity contribution in [1.29, 1.82) is 0 Å². The minimum atomic E-state index is -0.518. The Morgan fingerprint density at radius 2 is 1.45 bits per heavy atom. The lowest BCUT2D eigenvalue weighted by molar-refractivity contribution is -0.385. The van der Waals surface area contributed by atoms with Gasteiger partial charge in [0.15, 0.2) is 0 Å². The first kappa shape index (κ1) is 18.3. The third kappa shape index (κ3) is 3.21. The molecule has 1 aliphatic heterocycles. The minimum Gasteiger partial charge on any atom is -0.268 e. The van der Waals surface area contributed by atoms with Gasteiger partial charge in [-0.15, -0.1) is 0 Å². The summed E-state index contributed by atoms with van der Waals surface area (Å²) in [5.41, 5.74) is 2.71. The highest BCUT2D eigenvalue weighted by Gasteiger charge is 2.36. The van der Waals surface area contributed by atoms with Crippen molar-refractivity contribution in [1.82, 2.24) is 0 Å². The smallest absolute Gasteiger partial charge is 0.268 e. The molecule has 3 aromatic carbocycles. The fourth-order valence-corrected chi connectivity index (χ4v) is 3.35. The van der Waals surface area contributed by atoms with Crippen LogP contribution < -0.4 is 4.90 Å². The SMILES string of the molecule is Cc1ccc(N2C(=O)C(=Cc3ccccc3[N+](=O)[O-])c3ccccc3C2=O)cc1. The van der Waals surface area contributed by atoms with Gasteiger partial charge in [0.25, 0.3) is 17.5 Å². The lowest BCUT2D eigenvalue weighted by Crippen LogP contribution is -2.41. The predicted octanol–water partition coefficient (Wildman–Crippen LogP) is 4.63. The number of fused-ring (bicyclic) bond motifs is 1. The molecule has 2 amide bonds. The van der Waals surface area contributed by atoms with Crippen LogP contribution in [0.4, 0.5) is 11.4 Å². The van der Waals surface area contributed by atoms with Crippen LogP contribution >= 0.6 is 0 Å². The van der Waals surface area contributed by atoms with Crippen LogP contribution in [0.15, 0.2) is 72.8 Å². The molecule has 4 rings (SSSR count). The molecule has 0 saturated heterocycles. The first-order valence-corrected chi connectivity index (χ1v) is 8.97. The first-order valence-electron chi connectivity index (χ1n) is 8.97. The number of amides is 2. The first-order chi connectivity index (χ1) is 14.0. The van der Waals surface area contributed by atoms with E-state index in [2.05, 4.69) is 0 Å². The van der Waals surface area contributed by atoms with E-state index in [0.29, 0.717) is 22.4 Å². The van der Waals surface area contributed by atoms with E-state index >= 15 is 0 Å². The van der Waals surface area contributed by atoms with Gasteiger partial charge in [-0.25, -0.2) is 4.90 Å². The maximum Gasteiger partial charge on any atom is 0.276 e. The normalized spacial score (nSPS) is 14.8. The van der Waals surface area contributed by atoms with Crippen LogP contribution in [-0.2, 0) is 4.79 Å². The Morgan fingerprint density at radius 3 is 2.14 bits per heavy atom. The molecule has 3 aromatic rings. The molecule has 0 aromatic heterocycles. The number of rotatable bonds is 3. The molecule has 142 valence electrons. The zero-order chi connectivity index (χ0) is 20.5.